The minimum absolute atomic E-state index is 0.367. The van der Waals surface area contributed by atoms with E-state index in [4.69, 9.17) is 11.6 Å². The number of benzene rings is 2. The van der Waals surface area contributed by atoms with Crippen molar-refractivity contribution >= 4 is 34.8 Å². The summed E-state index contributed by atoms with van der Waals surface area (Å²) in [6.45, 7) is 0.367. The molecule has 0 aliphatic rings. The fourth-order valence-corrected chi connectivity index (χ4v) is 2.34. The van der Waals surface area contributed by atoms with Crippen molar-refractivity contribution in [3.05, 3.63) is 59.1 Å². The molecule has 0 aromatic heterocycles. The topological polar surface area (TPSA) is 61.4 Å². The smallest absolute Gasteiger partial charge is 0.313 e. The van der Waals surface area contributed by atoms with Crippen LogP contribution in [0.4, 0.5) is 11.4 Å². The highest BCUT2D eigenvalue weighted by Gasteiger charge is 2.13. The molecule has 0 heterocycles. The van der Waals surface area contributed by atoms with Crippen molar-refractivity contribution in [1.29, 1.82) is 0 Å². The molecule has 2 N–H and O–H groups in total. The number of hydrogen-bond acceptors (Lipinski definition) is 3. The molecule has 0 unspecified atom stereocenters. The van der Waals surface area contributed by atoms with Gasteiger partial charge in [-0.05, 0) is 48.4 Å². The van der Waals surface area contributed by atoms with E-state index >= 15 is 0 Å². The molecule has 0 radical (unpaired) electrons. The van der Waals surface area contributed by atoms with Crippen molar-refractivity contribution in [2.24, 2.45) is 0 Å². The maximum absolute atomic E-state index is 11.9. The van der Waals surface area contributed by atoms with Crippen molar-refractivity contribution in [2.75, 3.05) is 30.9 Å². The van der Waals surface area contributed by atoms with Crippen LogP contribution in [0.15, 0.2) is 48.5 Å². The summed E-state index contributed by atoms with van der Waals surface area (Å²) < 4.78 is 0. The minimum Gasteiger partial charge on any atom is -0.378 e. The van der Waals surface area contributed by atoms with Crippen LogP contribution in [0, 0.1) is 0 Å². The van der Waals surface area contributed by atoms with E-state index in [1.807, 2.05) is 49.3 Å². The van der Waals surface area contributed by atoms with E-state index in [-0.39, 0.29) is 0 Å². The fourth-order valence-electron chi connectivity index (χ4n) is 2.12. The van der Waals surface area contributed by atoms with Gasteiger partial charge in [0.25, 0.3) is 0 Å². The summed E-state index contributed by atoms with van der Waals surface area (Å²) in [6.07, 6.45) is 0.608. The minimum atomic E-state index is -0.682. The summed E-state index contributed by atoms with van der Waals surface area (Å²) in [5.74, 6) is -1.34. The number of carbonyl (C=O) groups excluding carboxylic acids is 2. The van der Waals surface area contributed by atoms with E-state index in [1.54, 1.807) is 18.2 Å². The molecule has 2 aromatic rings. The molecule has 0 saturated carbocycles. The van der Waals surface area contributed by atoms with E-state index in [0.717, 1.165) is 11.3 Å². The fraction of sp³-hybridized carbons (Fsp3) is 0.222. The van der Waals surface area contributed by atoms with Gasteiger partial charge in [0.2, 0.25) is 0 Å². The van der Waals surface area contributed by atoms with Gasteiger partial charge < -0.3 is 15.5 Å². The van der Waals surface area contributed by atoms with Gasteiger partial charge >= 0.3 is 11.8 Å². The number of nitrogens with one attached hydrogen (secondary N) is 2. The zero-order valence-electron chi connectivity index (χ0n) is 13.7. The van der Waals surface area contributed by atoms with Crippen molar-refractivity contribution in [3.8, 4) is 0 Å². The zero-order chi connectivity index (χ0) is 17.5. The van der Waals surface area contributed by atoms with Crippen molar-refractivity contribution in [2.45, 2.75) is 6.42 Å². The van der Waals surface area contributed by atoms with Crippen LogP contribution in [-0.2, 0) is 16.0 Å². The molecule has 0 fully saturated rings. The number of hydrogen-bond donors (Lipinski definition) is 2. The highest BCUT2D eigenvalue weighted by molar-refractivity contribution is 6.39. The van der Waals surface area contributed by atoms with Crippen LogP contribution in [0.5, 0.6) is 0 Å². The second-order valence-electron chi connectivity index (χ2n) is 5.53. The molecule has 2 amide bonds. The van der Waals surface area contributed by atoms with Gasteiger partial charge in [0.1, 0.15) is 0 Å². The number of amides is 2. The molecule has 24 heavy (non-hydrogen) atoms. The Bertz CT molecular complexity index is 714. The molecular weight excluding hydrogens is 326 g/mol. The Balaban J connectivity index is 1.80. The van der Waals surface area contributed by atoms with Crippen LogP contribution in [0.1, 0.15) is 5.56 Å². The van der Waals surface area contributed by atoms with Gasteiger partial charge in [-0.15, -0.1) is 0 Å². The maximum Gasteiger partial charge on any atom is 0.313 e. The third-order valence-electron chi connectivity index (χ3n) is 3.44. The summed E-state index contributed by atoms with van der Waals surface area (Å²) in [5, 5.41) is 5.82. The highest BCUT2D eigenvalue weighted by atomic mass is 35.5. The predicted octanol–water partition coefficient (Wildman–Crippen LogP) is 2.70. The predicted molar refractivity (Wildman–Crippen MR) is 97.6 cm³/mol. The first-order valence-electron chi connectivity index (χ1n) is 7.57. The Kier molecular flexibility index (Phi) is 6.21. The normalized spacial score (nSPS) is 10.1. The molecule has 2 rings (SSSR count). The average molecular weight is 346 g/mol. The van der Waals surface area contributed by atoms with Crippen molar-refractivity contribution in [1.82, 2.24) is 5.32 Å². The molecule has 2 aromatic carbocycles. The Morgan fingerprint density at radius 3 is 2.38 bits per heavy atom. The molecule has 0 aliphatic carbocycles. The molecular formula is C18H20ClN3O2. The lowest BCUT2D eigenvalue weighted by Gasteiger charge is -2.13. The quantitative estimate of drug-likeness (QED) is 0.819. The third-order valence-corrected chi connectivity index (χ3v) is 3.67. The lowest BCUT2D eigenvalue weighted by atomic mass is 10.1. The lowest BCUT2D eigenvalue weighted by molar-refractivity contribution is -0.136. The van der Waals surface area contributed by atoms with Gasteiger partial charge in [-0.2, -0.15) is 0 Å². The first-order chi connectivity index (χ1) is 11.5. The summed E-state index contributed by atoms with van der Waals surface area (Å²) in [7, 11) is 3.86. The van der Waals surface area contributed by atoms with E-state index < -0.39 is 11.8 Å². The summed E-state index contributed by atoms with van der Waals surface area (Å²) in [4.78, 5) is 25.6. The van der Waals surface area contributed by atoms with Crippen LogP contribution >= 0.6 is 11.6 Å². The van der Waals surface area contributed by atoms with Gasteiger partial charge in [-0.25, -0.2) is 0 Å². The van der Waals surface area contributed by atoms with Crippen LogP contribution in [0.3, 0.4) is 0 Å². The Morgan fingerprint density at radius 1 is 1.04 bits per heavy atom. The Labute approximate surface area is 146 Å². The van der Waals surface area contributed by atoms with Crippen LogP contribution in [0.25, 0.3) is 0 Å². The SMILES string of the molecule is CN(C)c1ccc(NC(=O)C(=O)NCCc2cccc(Cl)c2)cc1. The van der Waals surface area contributed by atoms with Crippen LogP contribution < -0.4 is 15.5 Å². The van der Waals surface area contributed by atoms with E-state index in [0.29, 0.717) is 23.7 Å². The molecule has 0 bridgehead atoms. The lowest BCUT2D eigenvalue weighted by Crippen LogP contribution is -2.36. The summed E-state index contributed by atoms with van der Waals surface area (Å²) >= 11 is 5.90. The largest absolute Gasteiger partial charge is 0.378 e. The van der Waals surface area contributed by atoms with Gasteiger partial charge in [-0.3, -0.25) is 9.59 Å². The van der Waals surface area contributed by atoms with E-state index in [9.17, 15) is 9.59 Å². The average Bonchev–Trinajstić information content (AvgIpc) is 2.55. The molecule has 0 spiro atoms. The first kappa shape index (κ1) is 17.8. The van der Waals surface area contributed by atoms with Gasteiger partial charge in [-0.1, -0.05) is 23.7 Å². The second-order valence-corrected chi connectivity index (χ2v) is 5.97. The second kappa shape index (κ2) is 8.36. The van der Waals surface area contributed by atoms with Gasteiger partial charge in [0, 0.05) is 37.0 Å². The first-order valence-corrected chi connectivity index (χ1v) is 7.94. The zero-order valence-corrected chi connectivity index (χ0v) is 14.4. The van der Waals surface area contributed by atoms with E-state index in [1.165, 1.54) is 0 Å². The molecule has 0 aliphatic heterocycles. The van der Waals surface area contributed by atoms with Gasteiger partial charge in [0.15, 0.2) is 0 Å². The summed E-state index contributed by atoms with van der Waals surface area (Å²) in [6, 6.07) is 14.6. The maximum atomic E-state index is 11.9. The Morgan fingerprint density at radius 2 is 1.75 bits per heavy atom. The molecule has 126 valence electrons. The van der Waals surface area contributed by atoms with E-state index in [2.05, 4.69) is 10.6 Å². The molecule has 0 atom stereocenters. The summed E-state index contributed by atoms with van der Waals surface area (Å²) in [5.41, 5.74) is 2.59. The number of anilines is 2. The standard InChI is InChI=1S/C18H20ClN3O2/c1-22(2)16-8-6-15(7-9-16)21-18(24)17(23)20-11-10-13-4-3-5-14(19)12-13/h3-9,12H,10-11H2,1-2H3,(H,20,23)(H,21,24). The number of halogens is 1. The monoisotopic (exact) mass is 345 g/mol. The third kappa shape index (κ3) is 5.28. The molecule has 0 saturated heterocycles. The van der Waals surface area contributed by atoms with Crippen molar-refractivity contribution < 1.29 is 9.59 Å². The molecule has 6 heteroatoms. The van der Waals surface area contributed by atoms with Crippen LogP contribution in [-0.4, -0.2) is 32.5 Å². The number of carbonyl (C=O) groups is 2. The van der Waals surface area contributed by atoms with Crippen LogP contribution in [0.2, 0.25) is 5.02 Å². The van der Waals surface area contributed by atoms with Crippen molar-refractivity contribution in [3.63, 3.8) is 0 Å². The van der Waals surface area contributed by atoms with Gasteiger partial charge in [0.05, 0.1) is 0 Å². The highest BCUT2D eigenvalue weighted by Crippen LogP contribution is 2.15. The number of nitrogens with zero attached hydrogens (tertiary/aromatic N) is 1. The number of rotatable bonds is 5. The Hall–Kier alpha value is -2.53. The molecule has 5 nitrogen and oxygen atoms in total.